The number of fused-ring (bicyclic) bond motifs is 1. The molecule has 1 aliphatic heterocycles. The molecule has 3 fully saturated rings. The summed E-state index contributed by atoms with van der Waals surface area (Å²) in [6.07, 6.45) is 1.67. The smallest absolute Gasteiger partial charge is 0.230 e. The first-order valence-electron chi connectivity index (χ1n) is 6.59. The van der Waals surface area contributed by atoms with Crippen LogP contribution in [0.2, 0.25) is 0 Å². The van der Waals surface area contributed by atoms with Gasteiger partial charge in [0, 0.05) is 6.54 Å². The quantitative estimate of drug-likeness (QED) is 0.800. The maximum atomic E-state index is 12.4. The molecular formula is C12H18N2O3S. The Morgan fingerprint density at radius 3 is 2.72 bits per heavy atom. The Morgan fingerprint density at radius 1 is 1.44 bits per heavy atom. The summed E-state index contributed by atoms with van der Waals surface area (Å²) in [5, 5.41) is 18.2. The molecule has 0 aromatic carbocycles. The van der Waals surface area contributed by atoms with Crippen LogP contribution >= 0.6 is 0 Å². The molecule has 6 unspecified atom stereocenters. The summed E-state index contributed by atoms with van der Waals surface area (Å²) in [6, 6.07) is 1.62. The van der Waals surface area contributed by atoms with Crippen molar-refractivity contribution in [2.75, 3.05) is 6.54 Å². The van der Waals surface area contributed by atoms with E-state index in [-0.39, 0.29) is 12.0 Å². The summed E-state index contributed by atoms with van der Waals surface area (Å²) >= 11 is 0. The lowest BCUT2D eigenvalue weighted by atomic mass is 9.88. The molecule has 1 N–H and O–H groups in total. The van der Waals surface area contributed by atoms with Crippen molar-refractivity contribution in [1.29, 1.82) is 5.26 Å². The number of sulfonamides is 1. The average molecular weight is 270 g/mol. The lowest BCUT2D eigenvalue weighted by molar-refractivity contribution is 0.0729. The van der Waals surface area contributed by atoms with Crippen molar-refractivity contribution < 1.29 is 13.5 Å². The van der Waals surface area contributed by atoms with Crippen molar-refractivity contribution in [1.82, 2.24) is 4.31 Å². The Bertz CT molecular complexity index is 496. The average Bonchev–Trinajstić information content (AvgIpc) is 2.90. The highest BCUT2D eigenvalue weighted by Gasteiger charge is 2.61. The van der Waals surface area contributed by atoms with Crippen LogP contribution in [0.3, 0.4) is 0 Å². The van der Waals surface area contributed by atoms with Gasteiger partial charge in [-0.2, -0.15) is 9.57 Å². The number of nitriles is 1. The minimum absolute atomic E-state index is 0.263. The topological polar surface area (TPSA) is 81.4 Å². The van der Waals surface area contributed by atoms with Crippen LogP contribution in [-0.2, 0) is 10.0 Å². The van der Waals surface area contributed by atoms with Gasteiger partial charge in [-0.05, 0) is 37.0 Å². The number of nitrogens with zero attached hydrogens (tertiary/aromatic N) is 2. The van der Waals surface area contributed by atoms with Crippen molar-refractivity contribution in [3.8, 4) is 6.07 Å². The lowest BCUT2D eigenvalue weighted by Gasteiger charge is -2.29. The predicted octanol–water partition coefficient (Wildman–Crippen LogP) is 0.319. The van der Waals surface area contributed by atoms with E-state index in [0.29, 0.717) is 24.8 Å². The Hall–Kier alpha value is -0.640. The minimum Gasteiger partial charge on any atom is -0.391 e. The molecule has 3 aliphatic rings. The number of aliphatic hydroxyl groups is 1. The number of hydrogen-bond donors (Lipinski definition) is 1. The third-order valence-electron chi connectivity index (χ3n) is 5.01. The maximum Gasteiger partial charge on any atom is 0.230 e. The van der Waals surface area contributed by atoms with Gasteiger partial charge in [0.15, 0.2) is 5.25 Å². The zero-order chi connectivity index (χ0) is 13.1. The van der Waals surface area contributed by atoms with Gasteiger partial charge in [-0.1, -0.05) is 6.92 Å². The maximum absolute atomic E-state index is 12.4. The van der Waals surface area contributed by atoms with Crippen LogP contribution in [0.25, 0.3) is 0 Å². The molecule has 0 spiro atoms. The largest absolute Gasteiger partial charge is 0.391 e. The van der Waals surface area contributed by atoms with E-state index in [1.807, 2.05) is 6.07 Å². The molecule has 1 saturated heterocycles. The fraction of sp³-hybridized carbons (Fsp3) is 0.917. The van der Waals surface area contributed by atoms with Crippen molar-refractivity contribution in [3.05, 3.63) is 0 Å². The molecule has 2 bridgehead atoms. The van der Waals surface area contributed by atoms with Crippen molar-refractivity contribution in [3.63, 3.8) is 0 Å². The fourth-order valence-corrected chi connectivity index (χ4v) is 6.08. The SMILES string of the molecule is CCC(C#N)S(=O)(=O)N1CC2CC3CC2C1C3O. The molecule has 0 aromatic rings. The van der Waals surface area contributed by atoms with Gasteiger partial charge in [0.1, 0.15) is 0 Å². The first kappa shape index (κ1) is 12.4. The zero-order valence-corrected chi connectivity index (χ0v) is 11.2. The van der Waals surface area contributed by atoms with Crippen LogP contribution < -0.4 is 0 Å². The van der Waals surface area contributed by atoms with Crippen LogP contribution in [0.5, 0.6) is 0 Å². The van der Waals surface area contributed by atoms with Gasteiger partial charge in [-0.3, -0.25) is 0 Å². The van der Waals surface area contributed by atoms with E-state index in [4.69, 9.17) is 5.26 Å². The van der Waals surface area contributed by atoms with Crippen molar-refractivity contribution >= 4 is 10.0 Å². The Labute approximate surface area is 107 Å². The lowest BCUT2D eigenvalue weighted by Crippen LogP contribution is -2.46. The predicted molar refractivity (Wildman–Crippen MR) is 64.8 cm³/mol. The molecule has 1 heterocycles. The summed E-state index contributed by atoms with van der Waals surface area (Å²) in [5.74, 6) is 0.984. The van der Waals surface area contributed by atoms with Crippen LogP contribution in [0.1, 0.15) is 26.2 Å². The van der Waals surface area contributed by atoms with E-state index < -0.39 is 21.4 Å². The highest BCUT2D eigenvalue weighted by Crippen LogP contribution is 2.55. The normalized spacial score (nSPS) is 44.2. The molecule has 2 saturated carbocycles. The first-order valence-corrected chi connectivity index (χ1v) is 8.09. The van der Waals surface area contributed by atoms with Gasteiger partial charge in [-0.15, -0.1) is 0 Å². The van der Waals surface area contributed by atoms with Crippen molar-refractivity contribution in [2.45, 2.75) is 43.6 Å². The monoisotopic (exact) mass is 270 g/mol. The number of hydrogen-bond acceptors (Lipinski definition) is 4. The third-order valence-corrected chi connectivity index (χ3v) is 7.21. The molecule has 0 aromatic heterocycles. The molecule has 3 rings (SSSR count). The molecule has 0 amide bonds. The molecular weight excluding hydrogens is 252 g/mol. The Morgan fingerprint density at radius 2 is 2.17 bits per heavy atom. The van der Waals surface area contributed by atoms with Crippen LogP contribution in [-0.4, -0.2) is 41.8 Å². The van der Waals surface area contributed by atoms with Crippen LogP contribution in [0.15, 0.2) is 0 Å². The number of aliphatic hydroxyl groups excluding tert-OH is 1. The first-order chi connectivity index (χ1) is 8.50. The summed E-state index contributed by atoms with van der Waals surface area (Å²) in [7, 11) is -3.58. The Balaban J connectivity index is 1.93. The molecule has 6 heteroatoms. The van der Waals surface area contributed by atoms with Gasteiger partial charge in [0.25, 0.3) is 0 Å². The third kappa shape index (κ3) is 1.41. The van der Waals surface area contributed by atoms with E-state index >= 15 is 0 Å². The molecule has 5 nitrogen and oxygen atoms in total. The summed E-state index contributed by atoms with van der Waals surface area (Å²) < 4.78 is 26.3. The molecule has 18 heavy (non-hydrogen) atoms. The second-order valence-electron chi connectivity index (χ2n) is 5.78. The second-order valence-corrected chi connectivity index (χ2v) is 7.85. The second kappa shape index (κ2) is 3.92. The van der Waals surface area contributed by atoms with Crippen molar-refractivity contribution in [2.24, 2.45) is 17.8 Å². The van der Waals surface area contributed by atoms with E-state index in [1.165, 1.54) is 4.31 Å². The highest BCUT2D eigenvalue weighted by molar-refractivity contribution is 7.90. The fourth-order valence-electron chi connectivity index (χ4n) is 4.18. The van der Waals surface area contributed by atoms with E-state index in [9.17, 15) is 13.5 Å². The zero-order valence-electron chi connectivity index (χ0n) is 10.4. The molecule has 0 radical (unpaired) electrons. The van der Waals surface area contributed by atoms with Crippen LogP contribution in [0.4, 0.5) is 0 Å². The van der Waals surface area contributed by atoms with Gasteiger partial charge in [-0.25, -0.2) is 8.42 Å². The van der Waals surface area contributed by atoms with E-state index in [2.05, 4.69) is 0 Å². The van der Waals surface area contributed by atoms with E-state index in [1.54, 1.807) is 6.92 Å². The standard InChI is InChI=1S/C12H18N2O3S/c1-2-9(5-13)18(16,17)14-6-8-3-7-4-10(8)11(14)12(7)15/h7-12,15H,2-4,6H2,1H3. The number of rotatable bonds is 3. The molecule has 2 aliphatic carbocycles. The van der Waals surface area contributed by atoms with Gasteiger partial charge in [0.2, 0.25) is 10.0 Å². The summed E-state index contributed by atoms with van der Waals surface area (Å²) in [5.41, 5.74) is 0. The van der Waals surface area contributed by atoms with E-state index in [0.717, 1.165) is 12.8 Å². The summed E-state index contributed by atoms with van der Waals surface area (Å²) in [6.45, 7) is 2.22. The Kier molecular flexibility index (Phi) is 2.70. The van der Waals surface area contributed by atoms with Crippen LogP contribution in [0, 0.1) is 29.1 Å². The van der Waals surface area contributed by atoms with Gasteiger partial charge in [0.05, 0.1) is 18.2 Å². The molecule has 6 atom stereocenters. The van der Waals surface area contributed by atoms with Gasteiger partial charge >= 0.3 is 0 Å². The summed E-state index contributed by atoms with van der Waals surface area (Å²) in [4.78, 5) is 0. The van der Waals surface area contributed by atoms with Gasteiger partial charge < -0.3 is 5.11 Å². The highest BCUT2D eigenvalue weighted by atomic mass is 32.2. The molecule has 100 valence electrons. The minimum atomic E-state index is -3.58.